The smallest absolute Gasteiger partial charge is 0.254 e. The Morgan fingerprint density at radius 1 is 1.08 bits per heavy atom. The van der Waals surface area contributed by atoms with E-state index in [1.807, 2.05) is 38.1 Å². The van der Waals surface area contributed by atoms with E-state index in [0.29, 0.717) is 24.6 Å². The van der Waals surface area contributed by atoms with E-state index in [0.717, 1.165) is 16.9 Å². The van der Waals surface area contributed by atoms with Crippen LogP contribution in [-0.2, 0) is 0 Å². The van der Waals surface area contributed by atoms with Crippen LogP contribution in [0, 0.1) is 13.8 Å². The van der Waals surface area contributed by atoms with Crippen molar-refractivity contribution >= 4 is 11.9 Å². The molecule has 1 amide bonds. The summed E-state index contributed by atoms with van der Waals surface area (Å²) in [6.07, 6.45) is 4.93. The Balaban J connectivity index is 1.61. The van der Waals surface area contributed by atoms with Crippen LogP contribution in [0.15, 0.2) is 48.9 Å². The molecule has 0 aliphatic carbocycles. The van der Waals surface area contributed by atoms with E-state index in [1.165, 1.54) is 0 Å². The highest BCUT2D eigenvalue weighted by molar-refractivity contribution is 5.95. The van der Waals surface area contributed by atoms with Gasteiger partial charge in [0.15, 0.2) is 0 Å². The second-order valence-corrected chi connectivity index (χ2v) is 5.60. The van der Waals surface area contributed by atoms with Gasteiger partial charge in [-0.05, 0) is 31.5 Å². The lowest BCUT2D eigenvalue weighted by Gasteiger charge is -2.09. The topological polar surface area (TPSA) is 84.7 Å². The molecule has 2 heterocycles. The van der Waals surface area contributed by atoms with Crippen molar-refractivity contribution < 1.29 is 4.79 Å². The summed E-state index contributed by atoms with van der Waals surface area (Å²) in [6, 6.07) is 9.70. The molecule has 7 nitrogen and oxygen atoms in total. The minimum Gasteiger partial charge on any atom is -0.352 e. The molecule has 7 heteroatoms. The van der Waals surface area contributed by atoms with Gasteiger partial charge in [0.2, 0.25) is 5.95 Å². The number of para-hydroxylation sites is 1. The fraction of sp³-hybridized carbons (Fsp3) is 0.222. The number of anilines is 1. The molecule has 3 rings (SSSR count). The molecule has 0 fully saturated rings. The molecule has 0 aliphatic rings. The summed E-state index contributed by atoms with van der Waals surface area (Å²) in [7, 11) is 0. The second-order valence-electron chi connectivity index (χ2n) is 5.60. The molecule has 2 aromatic heterocycles. The van der Waals surface area contributed by atoms with Crippen LogP contribution in [0.3, 0.4) is 0 Å². The molecular weight excluding hydrogens is 316 g/mol. The van der Waals surface area contributed by atoms with Crippen LogP contribution in [0.1, 0.15) is 21.6 Å². The fourth-order valence-corrected chi connectivity index (χ4v) is 2.51. The first-order valence-electron chi connectivity index (χ1n) is 8.06. The van der Waals surface area contributed by atoms with E-state index < -0.39 is 0 Å². The van der Waals surface area contributed by atoms with E-state index in [4.69, 9.17) is 0 Å². The first-order chi connectivity index (χ1) is 12.2. The van der Waals surface area contributed by atoms with Crippen LogP contribution < -0.4 is 10.6 Å². The maximum absolute atomic E-state index is 12.4. The lowest BCUT2D eigenvalue weighted by molar-refractivity contribution is 0.0954. The van der Waals surface area contributed by atoms with Crippen molar-refractivity contribution in [3.63, 3.8) is 0 Å². The molecule has 0 radical (unpaired) electrons. The van der Waals surface area contributed by atoms with E-state index in [9.17, 15) is 4.79 Å². The molecule has 0 spiro atoms. The summed E-state index contributed by atoms with van der Waals surface area (Å²) in [5, 5.41) is 10.3. The summed E-state index contributed by atoms with van der Waals surface area (Å²) in [5.74, 6) is 0.397. The van der Waals surface area contributed by atoms with Crippen molar-refractivity contribution in [3.05, 3.63) is 65.7 Å². The molecule has 0 bridgehead atoms. The lowest BCUT2D eigenvalue weighted by Crippen LogP contribution is -2.29. The molecule has 0 saturated heterocycles. The van der Waals surface area contributed by atoms with Gasteiger partial charge in [-0.2, -0.15) is 5.10 Å². The molecule has 0 aliphatic heterocycles. The number of aromatic nitrogens is 4. The van der Waals surface area contributed by atoms with Crippen LogP contribution >= 0.6 is 0 Å². The number of nitrogens with zero attached hydrogens (tertiary/aromatic N) is 4. The van der Waals surface area contributed by atoms with Crippen LogP contribution in [-0.4, -0.2) is 38.7 Å². The van der Waals surface area contributed by atoms with Gasteiger partial charge in [0, 0.05) is 25.5 Å². The summed E-state index contributed by atoms with van der Waals surface area (Å²) < 4.78 is 1.79. The highest BCUT2D eigenvalue weighted by Crippen LogP contribution is 2.17. The summed E-state index contributed by atoms with van der Waals surface area (Å²) in [5.41, 5.74) is 3.46. The normalized spacial score (nSPS) is 10.5. The number of hydrogen-bond donors (Lipinski definition) is 2. The van der Waals surface area contributed by atoms with Crippen molar-refractivity contribution in [2.24, 2.45) is 0 Å². The number of aryl methyl sites for hydroxylation is 1. The average Bonchev–Trinajstić information content (AvgIpc) is 3.01. The summed E-state index contributed by atoms with van der Waals surface area (Å²) in [6.45, 7) is 4.92. The predicted molar refractivity (Wildman–Crippen MR) is 95.9 cm³/mol. The third-order valence-electron chi connectivity index (χ3n) is 3.86. The number of benzene rings is 1. The largest absolute Gasteiger partial charge is 0.352 e. The van der Waals surface area contributed by atoms with Crippen molar-refractivity contribution in [2.75, 3.05) is 18.4 Å². The Morgan fingerprint density at radius 3 is 2.60 bits per heavy atom. The van der Waals surface area contributed by atoms with Crippen molar-refractivity contribution in [1.82, 2.24) is 25.1 Å². The minimum absolute atomic E-state index is 0.145. The summed E-state index contributed by atoms with van der Waals surface area (Å²) >= 11 is 0. The molecule has 3 aromatic rings. The Bertz CT molecular complexity index is 859. The quantitative estimate of drug-likeness (QED) is 0.674. The van der Waals surface area contributed by atoms with Gasteiger partial charge in [-0.25, -0.2) is 14.6 Å². The zero-order valence-corrected chi connectivity index (χ0v) is 14.2. The number of carbonyl (C=O) groups is 1. The molecule has 128 valence electrons. The van der Waals surface area contributed by atoms with Crippen LogP contribution in [0.2, 0.25) is 0 Å². The van der Waals surface area contributed by atoms with Gasteiger partial charge >= 0.3 is 0 Å². The van der Waals surface area contributed by atoms with E-state index >= 15 is 0 Å². The Hall–Kier alpha value is -3.22. The Morgan fingerprint density at radius 2 is 1.84 bits per heavy atom. The summed E-state index contributed by atoms with van der Waals surface area (Å²) in [4.78, 5) is 20.5. The van der Waals surface area contributed by atoms with Crippen molar-refractivity contribution in [1.29, 1.82) is 0 Å². The molecule has 0 unspecified atom stereocenters. The monoisotopic (exact) mass is 336 g/mol. The third kappa shape index (κ3) is 3.82. The zero-order chi connectivity index (χ0) is 17.6. The predicted octanol–water partition coefficient (Wildman–Crippen LogP) is 2.12. The SMILES string of the molecule is Cc1ccccc1-n1ncc(C(=O)NCCNc2ncccn2)c1C. The van der Waals surface area contributed by atoms with Gasteiger partial charge < -0.3 is 10.6 Å². The van der Waals surface area contributed by atoms with Crippen LogP contribution in [0.25, 0.3) is 5.69 Å². The van der Waals surface area contributed by atoms with E-state index in [1.54, 1.807) is 29.3 Å². The maximum atomic E-state index is 12.4. The Kier molecular flexibility index (Phi) is 5.03. The van der Waals surface area contributed by atoms with Gasteiger partial charge in [0.1, 0.15) is 0 Å². The Labute approximate surface area is 146 Å². The number of rotatable bonds is 6. The molecule has 0 atom stereocenters. The highest BCUT2D eigenvalue weighted by atomic mass is 16.1. The van der Waals surface area contributed by atoms with Crippen molar-refractivity contribution in [2.45, 2.75) is 13.8 Å². The molecule has 0 saturated carbocycles. The van der Waals surface area contributed by atoms with E-state index in [2.05, 4.69) is 25.7 Å². The highest BCUT2D eigenvalue weighted by Gasteiger charge is 2.15. The number of nitrogens with one attached hydrogen (secondary N) is 2. The standard InChI is InChI=1S/C18H20N6O/c1-13-6-3-4-7-16(13)24-14(2)15(12-23-24)17(25)19-10-11-22-18-20-8-5-9-21-18/h3-9,12H,10-11H2,1-2H3,(H,19,25)(H,20,21,22). The van der Waals surface area contributed by atoms with Gasteiger partial charge in [0.05, 0.1) is 23.1 Å². The fourth-order valence-electron chi connectivity index (χ4n) is 2.51. The molecule has 2 N–H and O–H groups in total. The molecule has 25 heavy (non-hydrogen) atoms. The number of hydrogen-bond acceptors (Lipinski definition) is 5. The number of carbonyl (C=O) groups excluding carboxylic acids is 1. The lowest BCUT2D eigenvalue weighted by atomic mass is 10.2. The maximum Gasteiger partial charge on any atom is 0.254 e. The van der Waals surface area contributed by atoms with Gasteiger partial charge in [-0.3, -0.25) is 4.79 Å². The third-order valence-corrected chi connectivity index (χ3v) is 3.86. The zero-order valence-electron chi connectivity index (χ0n) is 14.2. The number of amides is 1. The van der Waals surface area contributed by atoms with Gasteiger partial charge in [-0.15, -0.1) is 0 Å². The first kappa shape index (κ1) is 16.6. The van der Waals surface area contributed by atoms with Crippen LogP contribution in [0.4, 0.5) is 5.95 Å². The second kappa shape index (κ2) is 7.57. The van der Waals surface area contributed by atoms with Crippen LogP contribution in [0.5, 0.6) is 0 Å². The first-order valence-corrected chi connectivity index (χ1v) is 8.06. The molecule has 1 aromatic carbocycles. The van der Waals surface area contributed by atoms with Gasteiger partial charge in [-0.1, -0.05) is 18.2 Å². The average molecular weight is 336 g/mol. The molecular formula is C18H20N6O. The minimum atomic E-state index is -0.145. The van der Waals surface area contributed by atoms with Gasteiger partial charge in [0.25, 0.3) is 5.91 Å². The van der Waals surface area contributed by atoms with E-state index in [-0.39, 0.29) is 5.91 Å². The van der Waals surface area contributed by atoms with Crippen molar-refractivity contribution in [3.8, 4) is 5.69 Å².